The molecule has 1 heterocycles. The molecule has 0 saturated carbocycles. The molecule has 6 nitrogen and oxygen atoms in total. The van der Waals surface area contributed by atoms with Crippen molar-refractivity contribution in [2.24, 2.45) is 0 Å². The molecule has 0 unspecified atom stereocenters. The second kappa shape index (κ2) is 6.47. The summed E-state index contributed by atoms with van der Waals surface area (Å²) in [5.74, 6) is 0.0750. The summed E-state index contributed by atoms with van der Waals surface area (Å²) in [6.45, 7) is 1.38. The van der Waals surface area contributed by atoms with Crippen molar-refractivity contribution in [3.05, 3.63) is 47.0 Å². The van der Waals surface area contributed by atoms with E-state index >= 15 is 0 Å². The third-order valence-corrected chi connectivity index (χ3v) is 4.31. The average Bonchev–Trinajstić information content (AvgIpc) is 2.60. The highest BCUT2D eigenvalue weighted by Gasteiger charge is 2.33. The van der Waals surface area contributed by atoms with E-state index in [-0.39, 0.29) is 29.3 Å². The number of aromatic hydroxyl groups is 1. The molecule has 1 aliphatic heterocycles. The molecule has 0 saturated heterocycles. The lowest BCUT2D eigenvalue weighted by atomic mass is 9.84. The van der Waals surface area contributed by atoms with Gasteiger partial charge in [-0.15, -0.1) is 0 Å². The van der Waals surface area contributed by atoms with Crippen molar-refractivity contribution in [1.29, 1.82) is 0 Å². The number of phenols is 1. The fraction of sp³-hybridized carbons (Fsp3) is 0.263. The van der Waals surface area contributed by atoms with Crippen LogP contribution in [0.5, 0.6) is 23.0 Å². The Labute approximate surface area is 144 Å². The first-order chi connectivity index (χ1) is 12.0. The van der Waals surface area contributed by atoms with E-state index in [0.29, 0.717) is 17.1 Å². The third-order valence-electron chi connectivity index (χ3n) is 4.31. The van der Waals surface area contributed by atoms with Gasteiger partial charge in [-0.1, -0.05) is 6.07 Å². The highest BCUT2D eigenvalue weighted by molar-refractivity contribution is 5.98. The van der Waals surface area contributed by atoms with Gasteiger partial charge in [-0.2, -0.15) is 0 Å². The van der Waals surface area contributed by atoms with Gasteiger partial charge < -0.3 is 19.3 Å². The molecule has 2 aromatic rings. The molecule has 0 bridgehead atoms. The van der Waals surface area contributed by atoms with Crippen LogP contribution in [0.25, 0.3) is 0 Å². The van der Waals surface area contributed by atoms with Crippen LogP contribution in [0.4, 0.5) is 0 Å². The number of carbonyl (C=O) groups excluding carboxylic acids is 2. The van der Waals surface area contributed by atoms with Gasteiger partial charge in [0.1, 0.15) is 11.5 Å². The van der Waals surface area contributed by atoms with Gasteiger partial charge in [0.15, 0.2) is 17.3 Å². The number of carbonyl (C=O) groups is 2. The van der Waals surface area contributed by atoms with E-state index in [1.165, 1.54) is 33.3 Å². The maximum Gasteiger partial charge on any atom is 0.312 e. The smallest absolute Gasteiger partial charge is 0.312 e. The lowest BCUT2D eigenvalue weighted by Gasteiger charge is -2.27. The molecule has 130 valence electrons. The summed E-state index contributed by atoms with van der Waals surface area (Å²) in [6.07, 6.45) is 0.0530. The molecule has 0 fully saturated rings. The zero-order valence-electron chi connectivity index (χ0n) is 14.2. The monoisotopic (exact) mass is 342 g/mol. The number of ketones is 1. The number of fused-ring (bicyclic) bond motifs is 1. The maximum atomic E-state index is 12.0. The second-order valence-electron chi connectivity index (χ2n) is 5.77. The third kappa shape index (κ3) is 2.91. The zero-order valence-corrected chi connectivity index (χ0v) is 14.2. The molecule has 1 atom stereocenters. The van der Waals surface area contributed by atoms with Gasteiger partial charge in [0, 0.05) is 11.5 Å². The Morgan fingerprint density at radius 3 is 2.52 bits per heavy atom. The Balaban J connectivity index is 2.17. The van der Waals surface area contributed by atoms with Gasteiger partial charge in [-0.25, -0.2) is 0 Å². The van der Waals surface area contributed by atoms with Crippen LogP contribution in [0.3, 0.4) is 0 Å². The van der Waals surface area contributed by atoms with Crippen LogP contribution in [0, 0.1) is 0 Å². The largest absolute Gasteiger partial charge is 0.507 e. The Morgan fingerprint density at radius 1 is 1.16 bits per heavy atom. The first-order valence-corrected chi connectivity index (χ1v) is 7.75. The predicted molar refractivity (Wildman–Crippen MR) is 89.8 cm³/mol. The first kappa shape index (κ1) is 16.8. The number of Topliss-reactive ketones (excluding diaryl/α,β-unsaturated/α-hetero) is 1. The predicted octanol–water partition coefficient (Wildman–Crippen LogP) is 3.05. The average molecular weight is 342 g/mol. The number of hydrogen-bond donors (Lipinski definition) is 1. The molecule has 1 N–H and O–H groups in total. The number of hydrogen-bond acceptors (Lipinski definition) is 6. The van der Waals surface area contributed by atoms with Crippen molar-refractivity contribution in [1.82, 2.24) is 0 Å². The van der Waals surface area contributed by atoms with Gasteiger partial charge in [0.2, 0.25) is 0 Å². The Morgan fingerprint density at radius 2 is 1.88 bits per heavy atom. The van der Waals surface area contributed by atoms with Gasteiger partial charge in [0.05, 0.1) is 26.2 Å². The van der Waals surface area contributed by atoms with Gasteiger partial charge in [-0.05, 0) is 36.8 Å². The summed E-state index contributed by atoms with van der Waals surface area (Å²) in [4.78, 5) is 23.7. The Hall–Kier alpha value is -3.02. The Kier molecular flexibility index (Phi) is 4.35. The summed E-state index contributed by atoms with van der Waals surface area (Å²) in [7, 11) is 3.06. The molecule has 1 aliphatic rings. The van der Waals surface area contributed by atoms with E-state index < -0.39 is 11.9 Å². The van der Waals surface area contributed by atoms with Gasteiger partial charge in [0.25, 0.3) is 0 Å². The summed E-state index contributed by atoms with van der Waals surface area (Å²) >= 11 is 0. The maximum absolute atomic E-state index is 12.0. The Bertz CT molecular complexity index is 855. The van der Waals surface area contributed by atoms with Crippen molar-refractivity contribution in [3.8, 4) is 23.0 Å². The molecular weight excluding hydrogens is 324 g/mol. The summed E-state index contributed by atoms with van der Waals surface area (Å²) < 4.78 is 15.8. The summed E-state index contributed by atoms with van der Waals surface area (Å²) in [5, 5.41) is 10.6. The van der Waals surface area contributed by atoms with Crippen LogP contribution in [-0.2, 0) is 4.79 Å². The van der Waals surface area contributed by atoms with E-state index in [0.717, 1.165) is 5.56 Å². The molecule has 3 rings (SSSR count). The molecule has 0 aliphatic carbocycles. The van der Waals surface area contributed by atoms with Crippen LogP contribution in [-0.4, -0.2) is 31.1 Å². The standard InChI is InChI=1S/C19H18O6/c1-10(20)12-5-7-15-18(19(12)22)13(9-17(21)25-15)11-4-6-14(23-2)16(8-11)24-3/h4-8,13,22H,9H2,1-3H3/t13-/m0/s1. The van der Waals surface area contributed by atoms with Crippen molar-refractivity contribution in [2.45, 2.75) is 19.3 Å². The first-order valence-electron chi connectivity index (χ1n) is 7.75. The minimum atomic E-state index is -0.449. The molecule has 0 spiro atoms. The van der Waals surface area contributed by atoms with Crippen LogP contribution < -0.4 is 14.2 Å². The van der Waals surface area contributed by atoms with E-state index in [4.69, 9.17) is 14.2 Å². The van der Waals surface area contributed by atoms with Crippen molar-refractivity contribution in [2.75, 3.05) is 14.2 Å². The molecule has 0 radical (unpaired) electrons. The number of benzene rings is 2. The van der Waals surface area contributed by atoms with Crippen molar-refractivity contribution in [3.63, 3.8) is 0 Å². The second-order valence-corrected chi connectivity index (χ2v) is 5.77. The van der Waals surface area contributed by atoms with E-state index in [2.05, 4.69) is 0 Å². The van der Waals surface area contributed by atoms with Crippen molar-refractivity contribution >= 4 is 11.8 Å². The fourth-order valence-corrected chi connectivity index (χ4v) is 3.09. The molecule has 0 aromatic heterocycles. The minimum Gasteiger partial charge on any atom is -0.507 e. The van der Waals surface area contributed by atoms with Gasteiger partial charge in [-0.3, -0.25) is 9.59 Å². The lowest BCUT2D eigenvalue weighted by molar-refractivity contribution is -0.135. The molecule has 6 heteroatoms. The SMILES string of the molecule is COc1ccc([C@@H]2CC(=O)Oc3ccc(C(C)=O)c(O)c32)cc1OC. The fourth-order valence-electron chi connectivity index (χ4n) is 3.09. The molecule has 0 amide bonds. The van der Waals surface area contributed by atoms with E-state index in [9.17, 15) is 14.7 Å². The highest BCUT2D eigenvalue weighted by atomic mass is 16.5. The number of phenolic OH excluding ortho intramolecular Hbond substituents is 1. The van der Waals surface area contributed by atoms with E-state index in [1.54, 1.807) is 18.2 Å². The summed E-state index contributed by atoms with van der Waals surface area (Å²) in [5.41, 5.74) is 1.38. The van der Waals surface area contributed by atoms with Crippen LogP contribution >= 0.6 is 0 Å². The number of methoxy groups -OCH3 is 2. The van der Waals surface area contributed by atoms with E-state index in [1.807, 2.05) is 0 Å². The number of esters is 1. The highest BCUT2D eigenvalue weighted by Crippen LogP contribution is 2.46. The van der Waals surface area contributed by atoms with Crippen LogP contribution in [0.2, 0.25) is 0 Å². The van der Waals surface area contributed by atoms with Crippen molar-refractivity contribution < 1.29 is 28.9 Å². The molecule has 25 heavy (non-hydrogen) atoms. The minimum absolute atomic E-state index is 0.0530. The number of ether oxygens (including phenoxy) is 3. The zero-order chi connectivity index (χ0) is 18.1. The quantitative estimate of drug-likeness (QED) is 0.522. The normalized spacial score (nSPS) is 16.0. The van der Waals surface area contributed by atoms with Crippen LogP contribution in [0.15, 0.2) is 30.3 Å². The lowest BCUT2D eigenvalue weighted by Crippen LogP contribution is -2.21. The number of rotatable bonds is 4. The summed E-state index contributed by atoms with van der Waals surface area (Å²) in [6, 6.07) is 8.29. The van der Waals surface area contributed by atoms with Gasteiger partial charge >= 0.3 is 5.97 Å². The topological polar surface area (TPSA) is 82.1 Å². The molecular formula is C19H18O6. The van der Waals surface area contributed by atoms with Crippen LogP contribution in [0.1, 0.15) is 40.7 Å². The molecule has 2 aromatic carbocycles.